The van der Waals surface area contributed by atoms with Gasteiger partial charge in [0.1, 0.15) is 5.75 Å². The predicted octanol–water partition coefficient (Wildman–Crippen LogP) is 0.728. The van der Waals surface area contributed by atoms with Gasteiger partial charge in [-0.3, -0.25) is 25.2 Å². The SMILES string of the molecule is CCOc1ccccc1CCC(=O)OCC(=O)NNC(C)=O. The van der Waals surface area contributed by atoms with Crippen molar-refractivity contribution >= 4 is 17.8 Å². The molecule has 0 aliphatic heterocycles. The molecule has 1 rings (SSSR count). The maximum absolute atomic E-state index is 11.6. The molecule has 2 N–H and O–H groups in total. The summed E-state index contributed by atoms with van der Waals surface area (Å²) in [6.07, 6.45) is 0.597. The normalized spacial score (nSPS) is 9.73. The molecule has 0 saturated carbocycles. The fourth-order valence-electron chi connectivity index (χ4n) is 1.66. The zero-order chi connectivity index (χ0) is 16.4. The predicted molar refractivity (Wildman–Crippen MR) is 78.9 cm³/mol. The molecule has 0 aromatic heterocycles. The Labute approximate surface area is 128 Å². The average molecular weight is 308 g/mol. The van der Waals surface area contributed by atoms with Gasteiger partial charge < -0.3 is 9.47 Å². The van der Waals surface area contributed by atoms with E-state index in [4.69, 9.17) is 9.47 Å². The minimum Gasteiger partial charge on any atom is -0.494 e. The number of hydrazine groups is 1. The van der Waals surface area contributed by atoms with Crippen molar-refractivity contribution in [3.63, 3.8) is 0 Å². The number of para-hydroxylation sites is 1. The molecule has 0 bridgehead atoms. The summed E-state index contributed by atoms with van der Waals surface area (Å²) in [5.74, 6) is -0.768. The molecule has 0 atom stereocenters. The van der Waals surface area contributed by atoms with Crippen LogP contribution in [0.4, 0.5) is 0 Å². The molecule has 0 unspecified atom stereocenters. The summed E-state index contributed by atoms with van der Waals surface area (Å²) in [5.41, 5.74) is 5.11. The van der Waals surface area contributed by atoms with Crippen molar-refractivity contribution in [3.05, 3.63) is 29.8 Å². The lowest BCUT2D eigenvalue weighted by molar-refractivity contribution is -0.148. The summed E-state index contributed by atoms with van der Waals surface area (Å²) in [5, 5.41) is 0. The molecule has 7 heteroatoms. The number of hydrogen-bond donors (Lipinski definition) is 2. The van der Waals surface area contributed by atoms with E-state index in [2.05, 4.69) is 10.9 Å². The molecule has 0 heterocycles. The van der Waals surface area contributed by atoms with Gasteiger partial charge in [0.15, 0.2) is 6.61 Å². The monoisotopic (exact) mass is 308 g/mol. The van der Waals surface area contributed by atoms with Crippen molar-refractivity contribution in [2.75, 3.05) is 13.2 Å². The maximum Gasteiger partial charge on any atom is 0.306 e. The molecule has 120 valence electrons. The summed E-state index contributed by atoms with van der Waals surface area (Å²) in [6.45, 7) is 3.25. The van der Waals surface area contributed by atoms with E-state index in [0.29, 0.717) is 13.0 Å². The van der Waals surface area contributed by atoms with E-state index in [0.717, 1.165) is 11.3 Å². The fraction of sp³-hybridized carbons (Fsp3) is 0.400. The highest BCUT2D eigenvalue weighted by molar-refractivity contribution is 5.83. The molecule has 0 saturated heterocycles. The Morgan fingerprint density at radius 3 is 2.55 bits per heavy atom. The summed E-state index contributed by atoms with van der Waals surface area (Å²) in [7, 11) is 0. The van der Waals surface area contributed by atoms with Gasteiger partial charge in [-0.25, -0.2) is 0 Å². The van der Waals surface area contributed by atoms with Gasteiger partial charge in [0, 0.05) is 13.3 Å². The third kappa shape index (κ3) is 6.74. The zero-order valence-electron chi connectivity index (χ0n) is 12.7. The Bertz CT molecular complexity index is 530. The van der Waals surface area contributed by atoms with E-state index in [1.165, 1.54) is 6.92 Å². The molecule has 0 aliphatic carbocycles. The number of benzene rings is 1. The van der Waals surface area contributed by atoms with Crippen molar-refractivity contribution in [2.45, 2.75) is 26.7 Å². The highest BCUT2D eigenvalue weighted by Crippen LogP contribution is 2.19. The number of ether oxygens (including phenoxy) is 2. The molecule has 0 radical (unpaired) electrons. The summed E-state index contributed by atoms with van der Waals surface area (Å²) >= 11 is 0. The number of carbonyl (C=O) groups excluding carboxylic acids is 3. The van der Waals surface area contributed by atoms with E-state index < -0.39 is 24.4 Å². The van der Waals surface area contributed by atoms with Gasteiger partial charge in [0.2, 0.25) is 5.91 Å². The van der Waals surface area contributed by atoms with Crippen molar-refractivity contribution in [1.82, 2.24) is 10.9 Å². The highest BCUT2D eigenvalue weighted by atomic mass is 16.5. The van der Waals surface area contributed by atoms with Gasteiger partial charge in [0.25, 0.3) is 5.91 Å². The minimum absolute atomic E-state index is 0.136. The standard InChI is InChI=1S/C15H20N2O5/c1-3-21-13-7-5-4-6-12(13)8-9-15(20)22-10-14(19)17-16-11(2)18/h4-7H,3,8-10H2,1-2H3,(H,16,18)(H,17,19). The van der Waals surface area contributed by atoms with Crippen LogP contribution in [0, 0.1) is 0 Å². The second-order valence-electron chi connectivity index (χ2n) is 4.43. The molecule has 1 aromatic rings. The van der Waals surface area contributed by atoms with E-state index in [9.17, 15) is 14.4 Å². The Morgan fingerprint density at radius 2 is 1.86 bits per heavy atom. The van der Waals surface area contributed by atoms with Crippen LogP contribution in [0.2, 0.25) is 0 Å². The zero-order valence-corrected chi connectivity index (χ0v) is 12.7. The Balaban J connectivity index is 2.34. The van der Waals surface area contributed by atoms with E-state index in [1.54, 1.807) is 0 Å². The van der Waals surface area contributed by atoms with E-state index >= 15 is 0 Å². The van der Waals surface area contributed by atoms with Crippen LogP contribution in [0.15, 0.2) is 24.3 Å². The van der Waals surface area contributed by atoms with Gasteiger partial charge in [-0.2, -0.15) is 0 Å². The number of nitrogens with one attached hydrogen (secondary N) is 2. The van der Waals surface area contributed by atoms with Crippen LogP contribution in [0.25, 0.3) is 0 Å². The highest BCUT2D eigenvalue weighted by Gasteiger charge is 2.10. The molecular weight excluding hydrogens is 288 g/mol. The molecule has 2 amide bonds. The Morgan fingerprint density at radius 1 is 1.14 bits per heavy atom. The quantitative estimate of drug-likeness (QED) is 0.572. The number of carbonyl (C=O) groups is 3. The van der Waals surface area contributed by atoms with Crippen LogP contribution in [0.1, 0.15) is 25.8 Å². The van der Waals surface area contributed by atoms with Crippen molar-refractivity contribution in [1.29, 1.82) is 0 Å². The molecule has 0 spiro atoms. The van der Waals surface area contributed by atoms with E-state index in [-0.39, 0.29) is 6.42 Å². The lowest BCUT2D eigenvalue weighted by Crippen LogP contribution is -2.42. The maximum atomic E-state index is 11.6. The lowest BCUT2D eigenvalue weighted by Gasteiger charge is -2.10. The molecule has 22 heavy (non-hydrogen) atoms. The van der Waals surface area contributed by atoms with Crippen LogP contribution in [0.3, 0.4) is 0 Å². The molecular formula is C15H20N2O5. The number of rotatable bonds is 7. The number of amides is 2. The molecule has 1 aromatic carbocycles. The average Bonchev–Trinajstić information content (AvgIpc) is 2.50. The van der Waals surface area contributed by atoms with Gasteiger partial charge in [-0.05, 0) is 25.0 Å². The van der Waals surface area contributed by atoms with Crippen LogP contribution >= 0.6 is 0 Å². The molecule has 7 nitrogen and oxygen atoms in total. The first-order valence-electron chi connectivity index (χ1n) is 6.94. The summed E-state index contributed by atoms with van der Waals surface area (Å²) in [6, 6.07) is 7.44. The molecule has 0 aliphatic rings. The first kappa shape index (κ1) is 17.5. The van der Waals surface area contributed by atoms with Crippen molar-refractivity contribution < 1.29 is 23.9 Å². The van der Waals surface area contributed by atoms with Gasteiger partial charge in [0.05, 0.1) is 6.61 Å². The Hall–Kier alpha value is -2.57. The van der Waals surface area contributed by atoms with Crippen molar-refractivity contribution in [3.8, 4) is 5.75 Å². The van der Waals surface area contributed by atoms with Crippen molar-refractivity contribution in [2.24, 2.45) is 0 Å². The second kappa shape index (κ2) is 9.38. The third-order valence-electron chi connectivity index (χ3n) is 2.61. The second-order valence-corrected chi connectivity index (χ2v) is 4.43. The smallest absolute Gasteiger partial charge is 0.306 e. The largest absolute Gasteiger partial charge is 0.494 e. The first-order valence-corrected chi connectivity index (χ1v) is 6.94. The number of hydrogen-bond acceptors (Lipinski definition) is 5. The number of esters is 1. The topological polar surface area (TPSA) is 93.7 Å². The molecule has 0 fully saturated rings. The van der Waals surface area contributed by atoms with Crippen LogP contribution in [0.5, 0.6) is 5.75 Å². The minimum atomic E-state index is -0.599. The summed E-state index contributed by atoms with van der Waals surface area (Å²) in [4.78, 5) is 33.4. The third-order valence-corrected chi connectivity index (χ3v) is 2.61. The van der Waals surface area contributed by atoms with Crippen LogP contribution in [-0.4, -0.2) is 31.0 Å². The van der Waals surface area contributed by atoms with E-state index in [1.807, 2.05) is 31.2 Å². The van der Waals surface area contributed by atoms with Gasteiger partial charge in [-0.15, -0.1) is 0 Å². The Kier molecular flexibility index (Phi) is 7.45. The van der Waals surface area contributed by atoms with Crippen LogP contribution in [-0.2, 0) is 25.5 Å². The van der Waals surface area contributed by atoms with Gasteiger partial charge >= 0.3 is 5.97 Å². The fourth-order valence-corrected chi connectivity index (χ4v) is 1.66. The van der Waals surface area contributed by atoms with Crippen LogP contribution < -0.4 is 15.6 Å². The first-order chi connectivity index (χ1) is 10.5. The lowest BCUT2D eigenvalue weighted by atomic mass is 10.1. The van der Waals surface area contributed by atoms with Gasteiger partial charge in [-0.1, -0.05) is 18.2 Å². The summed E-state index contributed by atoms with van der Waals surface area (Å²) < 4.78 is 10.3. The number of aryl methyl sites for hydroxylation is 1.